The van der Waals surface area contributed by atoms with Gasteiger partial charge in [0.15, 0.2) is 5.11 Å². The van der Waals surface area contributed by atoms with Crippen molar-refractivity contribution in [1.82, 2.24) is 5.32 Å². The molecule has 0 amide bonds. The van der Waals surface area contributed by atoms with Gasteiger partial charge in [-0.3, -0.25) is 0 Å². The Bertz CT molecular complexity index is 566. The van der Waals surface area contributed by atoms with Crippen LogP contribution in [-0.4, -0.2) is 25.2 Å². The monoisotopic (exact) mass is 299 g/mol. The minimum absolute atomic E-state index is 0.653. The first-order valence-corrected chi connectivity index (χ1v) is 7.44. The second kappa shape index (κ2) is 7.64. The lowest BCUT2D eigenvalue weighted by Crippen LogP contribution is -2.35. The van der Waals surface area contributed by atoms with Gasteiger partial charge in [0.1, 0.15) is 0 Å². The van der Waals surface area contributed by atoms with Crippen LogP contribution < -0.4 is 15.5 Å². The number of hydrogen-bond donors (Lipinski definition) is 2. The number of hydrogen-bond acceptors (Lipinski definition) is 2. The van der Waals surface area contributed by atoms with Gasteiger partial charge in [0.05, 0.1) is 0 Å². The van der Waals surface area contributed by atoms with Crippen molar-refractivity contribution in [3.05, 3.63) is 60.2 Å². The third-order valence-corrected chi connectivity index (χ3v) is 3.49. The van der Waals surface area contributed by atoms with Gasteiger partial charge in [-0.05, 0) is 43.4 Å². The topological polar surface area (TPSA) is 27.3 Å². The Hall–Kier alpha value is -2.07. The number of likely N-dealkylation sites (N-methyl/N-ethyl adjacent to an activating group) is 1. The van der Waals surface area contributed by atoms with E-state index < -0.39 is 0 Å². The standard InChI is InChI=1S/C17H21N3S/c1-14-8-10-15(11-9-14)19-17(21)18-12-13-20(2)16-6-4-3-5-7-16/h3-11H,12-13H2,1-2H3,(H2,18,19,21). The molecule has 4 heteroatoms. The van der Waals surface area contributed by atoms with E-state index in [-0.39, 0.29) is 0 Å². The maximum absolute atomic E-state index is 5.30. The van der Waals surface area contributed by atoms with Gasteiger partial charge >= 0.3 is 0 Å². The van der Waals surface area contributed by atoms with Crippen LogP contribution in [0.1, 0.15) is 5.56 Å². The van der Waals surface area contributed by atoms with Crippen molar-refractivity contribution >= 4 is 28.7 Å². The van der Waals surface area contributed by atoms with Crippen molar-refractivity contribution in [2.24, 2.45) is 0 Å². The number of benzene rings is 2. The summed E-state index contributed by atoms with van der Waals surface area (Å²) in [6, 6.07) is 18.5. The zero-order chi connectivity index (χ0) is 15.1. The molecule has 0 atom stereocenters. The van der Waals surface area contributed by atoms with Gasteiger partial charge in [-0.1, -0.05) is 35.9 Å². The quantitative estimate of drug-likeness (QED) is 0.827. The van der Waals surface area contributed by atoms with Crippen LogP contribution in [0, 0.1) is 6.92 Å². The van der Waals surface area contributed by atoms with E-state index in [2.05, 4.69) is 53.8 Å². The lowest BCUT2D eigenvalue weighted by atomic mass is 10.2. The number of nitrogens with zero attached hydrogens (tertiary/aromatic N) is 1. The van der Waals surface area contributed by atoms with Gasteiger partial charge in [0.2, 0.25) is 0 Å². The van der Waals surface area contributed by atoms with Crippen LogP contribution >= 0.6 is 12.2 Å². The Kier molecular flexibility index (Phi) is 5.58. The number of rotatable bonds is 5. The van der Waals surface area contributed by atoms with E-state index >= 15 is 0 Å². The highest BCUT2D eigenvalue weighted by Gasteiger charge is 2.01. The van der Waals surface area contributed by atoms with Crippen molar-refractivity contribution in [3.8, 4) is 0 Å². The van der Waals surface area contributed by atoms with E-state index in [0.29, 0.717) is 5.11 Å². The predicted molar refractivity (Wildman–Crippen MR) is 95.1 cm³/mol. The van der Waals surface area contributed by atoms with E-state index in [1.807, 2.05) is 30.3 Å². The fourth-order valence-corrected chi connectivity index (χ4v) is 2.18. The Morgan fingerprint density at radius 3 is 2.38 bits per heavy atom. The minimum Gasteiger partial charge on any atom is -0.373 e. The summed E-state index contributed by atoms with van der Waals surface area (Å²) in [4.78, 5) is 2.20. The Balaban J connectivity index is 1.73. The molecule has 0 heterocycles. The lowest BCUT2D eigenvalue weighted by Gasteiger charge is -2.20. The largest absolute Gasteiger partial charge is 0.373 e. The van der Waals surface area contributed by atoms with Crippen molar-refractivity contribution in [3.63, 3.8) is 0 Å². The molecule has 110 valence electrons. The minimum atomic E-state index is 0.653. The van der Waals surface area contributed by atoms with Crippen LogP contribution in [0.3, 0.4) is 0 Å². The molecule has 2 N–H and O–H groups in total. The molecule has 0 aliphatic carbocycles. The summed E-state index contributed by atoms with van der Waals surface area (Å²) in [7, 11) is 2.08. The van der Waals surface area contributed by atoms with Crippen LogP contribution in [0.4, 0.5) is 11.4 Å². The van der Waals surface area contributed by atoms with Crippen molar-refractivity contribution in [2.45, 2.75) is 6.92 Å². The molecule has 2 rings (SSSR count). The average Bonchev–Trinajstić information content (AvgIpc) is 2.50. The van der Waals surface area contributed by atoms with Crippen LogP contribution in [-0.2, 0) is 0 Å². The highest BCUT2D eigenvalue weighted by molar-refractivity contribution is 7.80. The molecule has 0 aliphatic rings. The molecule has 0 saturated heterocycles. The van der Waals surface area contributed by atoms with Gasteiger partial charge < -0.3 is 15.5 Å². The predicted octanol–water partition coefficient (Wildman–Crippen LogP) is 3.42. The SMILES string of the molecule is Cc1ccc(NC(=S)NCCN(C)c2ccccc2)cc1. The van der Waals surface area contributed by atoms with E-state index in [1.54, 1.807) is 0 Å². The maximum atomic E-state index is 5.30. The van der Waals surface area contributed by atoms with Crippen LogP contribution in [0.5, 0.6) is 0 Å². The first kappa shape index (κ1) is 15.3. The van der Waals surface area contributed by atoms with Gasteiger partial charge in [-0.2, -0.15) is 0 Å². The average molecular weight is 299 g/mol. The molecular weight excluding hydrogens is 278 g/mol. The summed E-state index contributed by atoms with van der Waals surface area (Å²) in [5.41, 5.74) is 3.45. The number of nitrogens with one attached hydrogen (secondary N) is 2. The first-order chi connectivity index (χ1) is 10.1. The second-order valence-electron chi connectivity index (χ2n) is 5.00. The first-order valence-electron chi connectivity index (χ1n) is 7.03. The Labute approximate surface area is 132 Å². The van der Waals surface area contributed by atoms with Crippen LogP contribution in [0.15, 0.2) is 54.6 Å². The maximum Gasteiger partial charge on any atom is 0.170 e. The molecule has 0 aromatic heterocycles. The van der Waals surface area contributed by atoms with Crippen molar-refractivity contribution < 1.29 is 0 Å². The zero-order valence-corrected chi connectivity index (χ0v) is 13.3. The fourth-order valence-electron chi connectivity index (χ4n) is 1.96. The molecule has 2 aromatic rings. The van der Waals surface area contributed by atoms with Crippen molar-refractivity contribution in [2.75, 3.05) is 30.4 Å². The van der Waals surface area contributed by atoms with Crippen LogP contribution in [0.2, 0.25) is 0 Å². The molecule has 0 spiro atoms. The molecule has 2 aromatic carbocycles. The van der Waals surface area contributed by atoms with E-state index in [9.17, 15) is 0 Å². The van der Waals surface area contributed by atoms with Gasteiger partial charge in [0.25, 0.3) is 0 Å². The summed E-state index contributed by atoms with van der Waals surface area (Å²) in [6.45, 7) is 3.75. The summed E-state index contributed by atoms with van der Waals surface area (Å²) in [5, 5.41) is 7.06. The van der Waals surface area contributed by atoms with Gasteiger partial charge in [-0.25, -0.2) is 0 Å². The van der Waals surface area contributed by atoms with E-state index in [1.165, 1.54) is 11.3 Å². The normalized spacial score (nSPS) is 10.0. The molecular formula is C17H21N3S. The number of para-hydroxylation sites is 1. The van der Waals surface area contributed by atoms with E-state index in [4.69, 9.17) is 12.2 Å². The molecule has 0 aliphatic heterocycles. The lowest BCUT2D eigenvalue weighted by molar-refractivity contribution is 0.827. The molecule has 0 unspecified atom stereocenters. The van der Waals surface area contributed by atoms with Crippen LogP contribution in [0.25, 0.3) is 0 Å². The second-order valence-corrected chi connectivity index (χ2v) is 5.41. The zero-order valence-electron chi connectivity index (χ0n) is 12.5. The summed E-state index contributed by atoms with van der Waals surface area (Å²) in [5.74, 6) is 0. The molecule has 0 bridgehead atoms. The fraction of sp³-hybridized carbons (Fsp3) is 0.235. The number of anilines is 2. The highest BCUT2D eigenvalue weighted by Crippen LogP contribution is 2.10. The molecule has 0 fully saturated rings. The number of thiocarbonyl (C=S) groups is 1. The molecule has 0 radical (unpaired) electrons. The summed E-state index contributed by atoms with van der Waals surface area (Å²) < 4.78 is 0. The highest BCUT2D eigenvalue weighted by atomic mass is 32.1. The summed E-state index contributed by atoms with van der Waals surface area (Å²) in [6.07, 6.45) is 0. The Morgan fingerprint density at radius 1 is 1.05 bits per heavy atom. The third-order valence-electron chi connectivity index (χ3n) is 3.24. The Morgan fingerprint density at radius 2 is 1.71 bits per heavy atom. The molecule has 0 saturated carbocycles. The molecule has 3 nitrogen and oxygen atoms in total. The smallest absolute Gasteiger partial charge is 0.170 e. The molecule has 21 heavy (non-hydrogen) atoms. The van der Waals surface area contributed by atoms with Crippen molar-refractivity contribution in [1.29, 1.82) is 0 Å². The van der Waals surface area contributed by atoms with Gasteiger partial charge in [0, 0.05) is 31.5 Å². The number of aryl methyl sites for hydroxylation is 1. The third kappa shape index (κ3) is 5.08. The summed E-state index contributed by atoms with van der Waals surface area (Å²) >= 11 is 5.30. The van der Waals surface area contributed by atoms with Gasteiger partial charge in [-0.15, -0.1) is 0 Å². The van der Waals surface area contributed by atoms with E-state index in [0.717, 1.165) is 18.8 Å².